The SMILES string of the molecule is COc1cc(OC)c(N2CC(C(=O)NC(C)c3ccc4c(c3)OCCO4)CC2=O)cc1Cl. The highest BCUT2D eigenvalue weighted by Gasteiger charge is 2.37. The standard InChI is InChI=1S/C23H25ClN2O6/c1-13(14-4-5-18-21(8-14)32-7-6-31-18)25-23(28)15-9-22(27)26(12-15)17-10-16(24)19(29-2)11-20(17)30-3/h4-5,8,10-11,13,15H,6-7,9,12H2,1-3H3,(H,25,28). The van der Waals surface area contributed by atoms with Gasteiger partial charge >= 0.3 is 0 Å². The molecule has 0 saturated carbocycles. The highest BCUT2D eigenvalue weighted by Crippen LogP contribution is 2.40. The predicted octanol–water partition coefficient (Wildman–Crippen LogP) is 3.36. The van der Waals surface area contributed by atoms with Crippen molar-refractivity contribution in [2.45, 2.75) is 19.4 Å². The first-order valence-corrected chi connectivity index (χ1v) is 10.7. The van der Waals surface area contributed by atoms with Crippen molar-refractivity contribution in [3.05, 3.63) is 40.9 Å². The molecule has 2 aromatic rings. The monoisotopic (exact) mass is 460 g/mol. The van der Waals surface area contributed by atoms with Crippen molar-refractivity contribution in [3.63, 3.8) is 0 Å². The average Bonchev–Trinajstić information content (AvgIpc) is 3.20. The predicted molar refractivity (Wildman–Crippen MR) is 119 cm³/mol. The molecule has 9 heteroatoms. The molecule has 1 N–H and O–H groups in total. The summed E-state index contributed by atoms with van der Waals surface area (Å²) in [5.41, 5.74) is 1.41. The van der Waals surface area contributed by atoms with Crippen LogP contribution in [0.25, 0.3) is 0 Å². The molecule has 0 aliphatic carbocycles. The Balaban J connectivity index is 1.46. The van der Waals surface area contributed by atoms with Crippen LogP contribution in [0.15, 0.2) is 30.3 Å². The summed E-state index contributed by atoms with van der Waals surface area (Å²) in [4.78, 5) is 27.2. The van der Waals surface area contributed by atoms with Gasteiger partial charge in [0.05, 0.1) is 36.9 Å². The van der Waals surface area contributed by atoms with Gasteiger partial charge in [-0.3, -0.25) is 9.59 Å². The molecule has 2 aliphatic rings. The van der Waals surface area contributed by atoms with Crippen LogP contribution in [0.3, 0.4) is 0 Å². The zero-order valence-corrected chi connectivity index (χ0v) is 18.9. The third-order valence-electron chi connectivity index (χ3n) is 5.66. The van der Waals surface area contributed by atoms with E-state index in [1.165, 1.54) is 19.1 Å². The second kappa shape index (κ2) is 9.16. The van der Waals surface area contributed by atoms with Gasteiger partial charge in [-0.25, -0.2) is 0 Å². The maximum absolute atomic E-state index is 12.9. The fourth-order valence-corrected chi connectivity index (χ4v) is 4.15. The number of anilines is 1. The number of carbonyl (C=O) groups is 2. The summed E-state index contributed by atoms with van der Waals surface area (Å²) in [7, 11) is 3.01. The van der Waals surface area contributed by atoms with Gasteiger partial charge in [0.1, 0.15) is 24.7 Å². The van der Waals surface area contributed by atoms with Crippen molar-refractivity contribution in [1.82, 2.24) is 5.32 Å². The Bertz CT molecular complexity index is 1040. The van der Waals surface area contributed by atoms with Crippen LogP contribution in [0.4, 0.5) is 5.69 Å². The number of halogens is 1. The maximum atomic E-state index is 12.9. The molecule has 8 nitrogen and oxygen atoms in total. The Labute approximate surface area is 191 Å². The number of benzene rings is 2. The fourth-order valence-electron chi connectivity index (χ4n) is 3.91. The molecule has 1 fully saturated rings. The summed E-state index contributed by atoms with van der Waals surface area (Å²) >= 11 is 6.25. The molecule has 4 rings (SSSR count). The van der Waals surface area contributed by atoms with Crippen molar-refractivity contribution >= 4 is 29.1 Å². The molecule has 170 valence electrons. The minimum Gasteiger partial charge on any atom is -0.495 e. The van der Waals surface area contributed by atoms with Crippen LogP contribution in [0.1, 0.15) is 24.9 Å². The van der Waals surface area contributed by atoms with E-state index in [0.717, 1.165) is 5.56 Å². The second-order valence-electron chi connectivity index (χ2n) is 7.70. The molecular weight excluding hydrogens is 436 g/mol. The highest BCUT2D eigenvalue weighted by atomic mass is 35.5. The average molecular weight is 461 g/mol. The molecule has 1 saturated heterocycles. The third-order valence-corrected chi connectivity index (χ3v) is 5.96. The molecule has 2 unspecified atom stereocenters. The van der Waals surface area contributed by atoms with Gasteiger partial charge in [0.15, 0.2) is 11.5 Å². The smallest absolute Gasteiger partial charge is 0.227 e. The summed E-state index contributed by atoms with van der Waals surface area (Å²) in [6, 6.07) is 8.60. The van der Waals surface area contributed by atoms with Gasteiger partial charge in [-0.05, 0) is 30.7 Å². The Morgan fingerprint density at radius 3 is 2.56 bits per heavy atom. The Morgan fingerprint density at radius 2 is 1.84 bits per heavy atom. The number of fused-ring (bicyclic) bond motifs is 1. The van der Waals surface area contributed by atoms with Gasteiger partial charge in [-0.15, -0.1) is 0 Å². The molecular formula is C23H25ClN2O6. The first-order chi connectivity index (χ1) is 15.4. The molecule has 2 atom stereocenters. The van der Waals surface area contributed by atoms with Crippen molar-refractivity contribution in [2.24, 2.45) is 5.92 Å². The van der Waals surface area contributed by atoms with Crippen molar-refractivity contribution in [3.8, 4) is 23.0 Å². The Hall–Kier alpha value is -3.13. The molecule has 2 heterocycles. The molecule has 2 aromatic carbocycles. The lowest BCUT2D eigenvalue weighted by atomic mass is 10.0. The summed E-state index contributed by atoms with van der Waals surface area (Å²) < 4.78 is 21.8. The van der Waals surface area contributed by atoms with Crippen LogP contribution in [0.2, 0.25) is 5.02 Å². The number of methoxy groups -OCH3 is 2. The number of nitrogens with zero attached hydrogens (tertiary/aromatic N) is 1. The normalized spacial score (nSPS) is 18.3. The lowest BCUT2D eigenvalue weighted by Gasteiger charge is -2.22. The molecule has 0 aromatic heterocycles. The zero-order valence-electron chi connectivity index (χ0n) is 18.1. The maximum Gasteiger partial charge on any atom is 0.227 e. The van der Waals surface area contributed by atoms with Crippen LogP contribution >= 0.6 is 11.6 Å². The number of nitrogens with one attached hydrogen (secondary N) is 1. The van der Waals surface area contributed by atoms with Gasteiger partial charge in [0.25, 0.3) is 0 Å². The molecule has 0 bridgehead atoms. The largest absolute Gasteiger partial charge is 0.495 e. The second-order valence-corrected chi connectivity index (χ2v) is 8.10. The number of ether oxygens (including phenoxy) is 4. The van der Waals surface area contributed by atoms with Gasteiger partial charge in [0.2, 0.25) is 11.8 Å². The van der Waals surface area contributed by atoms with Crippen LogP contribution in [0.5, 0.6) is 23.0 Å². The van der Waals surface area contributed by atoms with Crippen molar-refractivity contribution in [2.75, 3.05) is 38.9 Å². The quantitative estimate of drug-likeness (QED) is 0.711. The van der Waals surface area contributed by atoms with Crippen LogP contribution in [-0.2, 0) is 9.59 Å². The summed E-state index contributed by atoms with van der Waals surface area (Å²) in [5.74, 6) is 1.40. The number of amides is 2. The van der Waals surface area contributed by atoms with Crippen molar-refractivity contribution < 1.29 is 28.5 Å². The molecule has 0 spiro atoms. The van der Waals surface area contributed by atoms with E-state index < -0.39 is 5.92 Å². The molecule has 2 aliphatic heterocycles. The number of hydrogen-bond donors (Lipinski definition) is 1. The third kappa shape index (κ3) is 4.27. The van der Waals surface area contributed by atoms with Gasteiger partial charge in [-0.1, -0.05) is 17.7 Å². The van der Waals surface area contributed by atoms with Gasteiger partial charge in [0, 0.05) is 19.0 Å². The van der Waals surface area contributed by atoms with Gasteiger partial charge in [-0.2, -0.15) is 0 Å². The summed E-state index contributed by atoms with van der Waals surface area (Å²) in [6.45, 7) is 3.15. The fraction of sp³-hybridized carbons (Fsp3) is 0.391. The lowest BCUT2D eigenvalue weighted by molar-refractivity contribution is -0.126. The minimum absolute atomic E-state index is 0.104. The van der Waals surface area contributed by atoms with Crippen LogP contribution < -0.4 is 29.2 Å². The van der Waals surface area contributed by atoms with E-state index in [-0.39, 0.29) is 30.8 Å². The Morgan fingerprint density at radius 1 is 1.12 bits per heavy atom. The van der Waals surface area contributed by atoms with E-state index in [0.29, 0.717) is 46.9 Å². The first kappa shape index (κ1) is 22.1. The molecule has 0 radical (unpaired) electrons. The summed E-state index contributed by atoms with van der Waals surface area (Å²) in [5, 5.41) is 3.36. The van der Waals surface area contributed by atoms with Crippen LogP contribution in [0, 0.1) is 5.92 Å². The molecule has 2 amide bonds. The topological polar surface area (TPSA) is 86.3 Å². The van der Waals surface area contributed by atoms with E-state index in [2.05, 4.69) is 5.32 Å². The zero-order chi connectivity index (χ0) is 22.8. The van der Waals surface area contributed by atoms with E-state index in [4.69, 9.17) is 30.5 Å². The van der Waals surface area contributed by atoms with Crippen molar-refractivity contribution in [1.29, 1.82) is 0 Å². The first-order valence-electron chi connectivity index (χ1n) is 10.3. The minimum atomic E-state index is -0.493. The number of hydrogen-bond acceptors (Lipinski definition) is 6. The lowest BCUT2D eigenvalue weighted by Crippen LogP contribution is -2.34. The number of rotatable bonds is 6. The summed E-state index contributed by atoms with van der Waals surface area (Å²) in [6.07, 6.45) is 0.104. The van der Waals surface area contributed by atoms with Crippen LogP contribution in [-0.4, -0.2) is 45.8 Å². The number of carbonyl (C=O) groups excluding carboxylic acids is 2. The van der Waals surface area contributed by atoms with E-state index in [9.17, 15) is 9.59 Å². The molecule has 32 heavy (non-hydrogen) atoms. The van der Waals surface area contributed by atoms with E-state index in [1.54, 1.807) is 12.1 Å². The Kier molecular flexibility index (Phi) is 6.32. The highest BCUT2D eigenvalue weighted by molar-refractivity contribution is 6.32. The van der Waals surface area contributed by atoms with Gasteiger partial charge < -0.3 is 29.2 Å². The van der Waals surface area contributed by atoms with E-state index >= 15 is 0 Å². The van der Waals surface area contributed by atoms with E-state index in [1.807, 2.05) is 25.1 Å².